The van der Waals surface area contributed by atoms with Crippen LogP contribution in [0.1, 0.15) is 6.92 Å². The van der Waals surface area contributed by atoms with E-state index in [0.29, 0.717) is 28.2 Å². The third-order valence-corrected chi connectivity index (χ3v) is 6.31. The minimum absolute atomic E-state index is 0.158. The first-order chi connectivity index (χ1) is 16.6. The minimum Gasteiger partial charge on any atom is -0.497 e. The van der Waals surface area contributed by atoms with E-state index >= 15 is 0 Å². The van der Waals surface area contributed by atoms with Gasteiger partial charge in [0.1, 0.15) is 5.75 Å². The topological polar surface area (TPSA) is 87.5 Å². The Morgan fingerprint density at radius 2 is 1.85 bits per heavy atom. The monoisotopic (exact) mass is 474 g/mol. The summed E-state index contributed by atoms with van der Waals surface area (Å²) in [6, 6.07) is 22.8. The summed E-state index contributed by atoms with van der Waals surface area (Å²) in [5.74, 6) is 2.52. The van der Waals surface area contributed by atoms with Gasteiger partial charge >= 0.3 is 0 Å². The molecule has 34 heavy (non-hydrogen) atoms. The Morgan fingerprint density at radius 3 is 2.68 bits per heavy atom. The molecule has 1 aliphatic heterocycles. The fourth-order valence-corrected chi connectivity index (χ4v) is 4.40. The third kappa shape index (κ3) is 4.42. The molecule has 5 rings (SSSR count). The van der Waals surface area contributed by atoms with Gasteiger partial charge in [0.25, 0.3) is 0 Å². The molecular formula is C25H22N4O4S. The fraction of sp³-hybridized carbons (Fsp3) is 0.160. The van der Waals surface area contributed by atoms with Crippen molar-refractivity contribution < 1.29 is 19.0 Å². The zero-order chi connectivity index (χ0) is 23.5. The number of anilines is 1. The molecular weight excluding hydrogens is 452 g/mol. The van der Waals surface area contributed by atoms with Crippen LogP contribution in [0.25, 0.3) is 17.1 Å². The van der Waals surface area contributed by atoms with Crippen molar-refractivity contribution in [1.82, 2.24) is 14.8 Å². The Morgan fingerprint density at radius 1 is 1.03 bits per heavy atom. The molecule has 1 aromatic heterocycles. The van der Waals surface area contributed by atoms with Crippen LogP contribution in [0, 0.1) is 0 Å². The summed E-state index contributed by atoms with van der Waals surface area (Å²) in [7, 11) is 1.63. The Kier molecular flexibility index (Phi) is 6.09. The average molecular weight is 475 g/mol. The number of ether oxygens (including phenoxy) is 3. The zero-order valence-electron chi connectivity index (χ0n) is 18.6. The lowest BCUT2D eigenvalue weighted by Gasteiger charge is -2.14. The molecule has 0 aliphatic carbocycles. The molecule has 3 aromatic carbocycles. The number of fused-ring (bicyclic) bond motifs is 1. The molecule has 9 heteroatoms. The van der Waals surface area contributed by atoms with Crippen LogP contribution in [-0.4, -0.2) is 39.8 Å². The zero-order valence-corrected chi connectivity index (χ0v) is 19.4. The number of para-hydroxylation sites is 1. The standard InChI is InChI=1S/C25H22N4O4S/c1-16(24(30)26-18-11-12-21-22(14-18)33-15-32-21)34-25-28-27-23(17-7-6-10-20(13-17)31-2)29(25)19-8-4-3-5-9-19/h3-14,16H,15H2,1-2H3,(H,26,30). The first-order valence-corrected chi connectivity index (χ1v) is 11.5. The van der Waals surface area contributed by atoms with E-state index in [-0.39, 0.29) is 12.7 Å². The largest absolute Gasteiger partial charge is 0.497 e. The van der Waals surface area contributed by atoms with Gasteiger partial charge in [0.2, 0.25) is 12.7 Å². The van der Waals surface area contributed by atoms with Crippen LogP contribution >= 0.6 is 11.8 Å². The van der Waals surface area contributed by atoms with Gasteiger partial charge in [-0.25, -0.2) is 0 Å². The molecule has 0 saturated heterocycles. The van der Waals surface area contributed by atoms with Gasteiger partial charge in [-0.1, -0.05) is 42.1 Å². The van der Waals surface area contributed by atoms with Gasteiger partial charge < -0.3 is 19.5 Å². The van der Waals surface area contributed by atoms with Crippen molar-refractivity contribution in [3.05, 3.63) is 72.8 Å². The number of nitrogens with zero attached hydrogens (tertiary/aromatic N) is 3. The van der Waals surface area contributed by atoms with Crippen LogP contribution in [0.2, 0.25) is 0 Å². The number of amides is 1. The van der Waals surface area contributed by atoms with E-state index in [4.69, 9.17) is 14.2 Å². The summed E-state index contributed by atoms with van der Waals surface area (Å²) in [6.07, 6.45) is 0. The van der Waals surface area contributed by atoms with Crippen molar-refractivity contribution in [2.24, 2.45) is 0 Å². The first kappa shape index (κ1) is 21.8. The lowest BCUT2D eigenvalue weighted by Crippen LogP contribution is -2.22. The first-order valence-electron chi connectivity index (χ1n) is 10.6. The van der Waals surface area contributed by atoms with Crippen molar-refractivity contribution in [3.63, 3.8) is 0 Å². The second-order valence-corrected chi connectivity index (χ2v) is 8.83. The van der Waals surface area contributed by atoms with Crippen molar-refractivity contribution in [1.29, 1.82) is 0 Å². The van der Waals surface area contributed by atoms with Crippen LogP contribution in [-0.2, 0) is 4.79 Å². The van der Waals surface area contributed by atoms with Gasteiger partial charge in [-0.3, -0.25) is 9.36 Å². The SMILES string of the molecule is COc1cccc(-c2nnc(SC(C)C(=O)Nc3ccc4c(c3)OCO4)n2-c2ccccc2)c1. The smallest absolute Gasteiger partial charge is 0.237 e. The van der Waals surface area contributed by atoms with E-state index in [0.717, 1.165) is 17.0 Å². The number of rotatable bonds is 7. The van der Waals surface area contributed by atoms with Gasteiger partial charge in [-0.05, 0) is 43.3 Å². The predicted molar refractivity (Wildman–Crippen MR) is 130 cm³/mol. The maximum absolute atomic E-state index is 12.9. The number of thioether (sulfide) groups is 1. The summed E-state index contributed by atoms with van der Waals surface area (Å²) in [6.45, 7) is 2.02. The number of methoxy groups -OCH3 is 1. The van der Waals surface area contributed by atoms with Crippen molar-refractivity contribution >= 4 is 23.4 Å². The third-order valence-electron chi connectivity index (χ3n) is 5.27. The minimum atomic E-state index is -0.435. The molecule has 2 heterocycles. The highest BCUT2D eigenvalue weighted by Crippen LogP contribution is 2.35. The van der Waals surface area contributed by atoms with Crippen LogP contribution in [0.4, 0.5) is 5.69 Å². The molecule has 0 bridgehead atoms. The number of carbonyl (C=O) groups excluding carboxylic acids is 1. The van der Waals surface area contributed by atoms with E-state index in [9.17, 15) is 4.79 Å². The van der Waals surface area contributed by atoms with Crippen molar-refractivity contribution in [2.75, 3.05) is 19.2 Å². The molecule has 1 amide bonds. The van der Waals surface area contributed by atoms with Crippen LogP contribution in [0.15, 0.2) is 78.0 Å². The number of aromatic nitrogens is 3. The van der Waals surface area contributed by atoms with Gasteiger partial charge in [0.15, 0.2) is 22.5 Å². The Bertz CT molecular complexity index is 1330. The normalized spacial score (nSPS) is 12.9. The van der Waals surface area contributed by atoms with E-state index < -0.39 is 5.25 Å². The molecule has 0 saturated carbocycles. The van der Waals surface area contributed by atoms with E-state index in [1.807, 2.05) is 66.1 Å². The predicted octanol–water partition coefficient (Wildman–Crippen LogP) is 4.79. The molecule has 1 aliphatic rings. The van der Waals surface area contributed by atoms with E-state index in [1.165, 1.54) is 11.8 Å². The number of benzene rings is 3. The quantitative estimate of drug-likeness (QED) is 0.385. The highest BCUT2D eigenvalue weighted by atomic mass is 32.2. The summed E-state index contributed by atoms with van der Waals surface area (Å²) < 4.78 is 18.0. The second-order valence-electron chi connectivity index (χ2n) is 7.53. The molecule has 0 spiro atoms. The molecule has 1 unspecified atom stereocenters. The van der Waals surface area contributed by atoms with Crippen LogP contribution in [0.3, 0.4) is 0 Å². The van der Waals surface area contributed by atoms with Gasteiger partial charge in [-0.15, -0.1) is 10.2 Å². The van der Waals surface area contributed by atoms with Gasteiger partial charge in [0, 0.05) is 23.0 Å². The Hall–Kier alpha value is -3.98. The average Bonchev–Trinajstić information content (AvgIpc) is 3.51. The van der Waals surface area contributed by atoms with Gasteiger partial charge in [-0.2, -0.15) is 0 Å². The van der Waals surface area contributed by atoms with Crippen molar-refractivity contribution in [3.8, 4) is 34.3 Å². The number of hydrogen-bond donors (Lipinski definition) is 1. The van der Waals surface area contributed by atoms with E-state index in [1.54, 1.807) is 25.3 Å². The lowest BCUT2D eigenvalue weighted by molar-refractivity contribution is -0.115. The Balaban J connectivity index is 1.41. The molecule has 1 N–H and O–H groups in total. The number of nitrogens with one attached hydrogen (secondary N) is 1. The summed E-state index contributed by atoms with van der Waals surface area (Å²) >= 11 is 1.33. The molecule has 4 aromatic rings. The van der Waals surface area contributed by atoms with Crippen molar-refractivity contribution in [2.45, 2.75) is 17.3 Å². The Labute approximate surface area is 200 Å². The fourth-order valence-electron chi connectivity index (χ4n) is 3.54. The summed E-state index contributed by atoms with van der Waals surface area (Å²) in [4.78, 5) is 12.9. The number of carbonyl (C=O) groups is 1. The molecule has 1 atom stereocenters. The van der Waals surface area contributed by atoms with Crippen LogP contribution in [0.5, 0.6) is 17.2 Å². The highest BCUT2D eigenvalue weighted by molar-refractivity contribution is 8.00. The van der Waals surface area contributed by atoms with Gasteiger partial charge in [0.05, 0.1) is 12.4 Å². The molecule has 0 fully saturated rings. The maximum atomic E-state index is 12.9. The second kappa shape index (κ2) is 9.48. The molecule has 8 nitrogen and oxygen atoms in total. The molecule has 0 radical (unpaired) electrons. The number of hydrogen-bond acceptors (Lipinski definition) is 7. The van der Waals surface area contributed by atoms with E-state index in [2.05, 4.69) is 15.5 Å². The van der Waals surface area contributed by atoms with Crippen LogP contribution < -0.4 is 19.5 Å². The lowest BCUT2D eigenvalue weighted by atomic mass is 10.2. The molecule has 172 valence electrons. The summed E-state index contributed by atoms with van der Waals surface area (Å²) in [5.41, 5.74) is 2.40. The highest BCUT2D eigenvalue weighted by Gasteiger charge is 2.23. The summed E-state index contributed by atoms with van der Waals surface area (Å²) in [5, 5.41) is 12.0. The maximum Gasteiger partial charge on any atom is 0.237 e.